The van der Waals surface area contributed by atoms with E-state index in [0.717, 1.165) is 48.9 Å². The molecule has 6 heteroatoms. The van der Waals surface area contributed by atoms with Crippen molar-refractivity contribution in [2.24, 2.45) is 11.8 Å². The molecular formula is C19H25N5O. The average molecular weight is 339 g/mol. The van der Waals surface area contributed by atoms with Gasteiger partial charge in [0.1, 0.15) is 11.6 Å². The molecule has 0 spiro atoms. The molecule has 0 bridgehead atoms. The van der Waals surface area contributed by atoms with Crippen molar-refractivity contribution in [2.45, 2.75) is 62.8 Å². The van der Waals surface area contributed by atoms with E-state index in [0.29, 0.717) is 23.7 Å². The Morgan fingerprint density at radius 2 is 1.92 bits per heavy atom. The van der Waals surface area contributed by atoms with Gasteiger partial charge in [0, 0.05) is 30.8 Å². The Kier molecular flexibility index (Phi) is 3.13. The fourth-order valence-electron chi connectivity index (χ4n) is 4.45. The van der Waals surface area contributed by atoms with Gasteiger partial charge in [-0.2, -0.15) is 5.10 Å². The molecule has 25 heavy (non-hydrogen) atoms. The third kappa shape index (κ3) is 2.80. The number of aromatic amines is 1. The van der Waals surface area contributed by atoms with E-state index in [1.54, 1.807) is 0 Å². The Bertz CT molecular complexity index is 770. The zero-order chi connectivity index (χ0) is 16.4. The standard InChI is InChI=1S/C19H25N5O/c1-2-11(1)15-9-24(8-14-7-20-19(25-14)13-5-6-13)10-16(15)18-21-17(22-23-18)12-3-4-12/h7,11-13,15-16H,1-6,8-10H2,(H,21,22,23)/t15-,16+/m1/s1. The normalized spacial score (nSPS) is 30.2. The molecule has 4 aliphatic rings. The van der Waals surface area contributed by atoms with Gasteiger partial charge in [-0.25, -0.2) is 9.97 Å². The lowest BCUT2D eigenvalue weighted by Crippen LogP contribution is -2.20. The molecular weight excluding hydrogens is 314 g/mol. The van der Waals surface area contributed by atoms with Crippen LogP contribution in [0.3, 0.4) is 0 Å². The lowest BCUT2D eigenvalue weighted by molar-refractivity contribution is 0.277. The molecule has 2 atom stereocenters. The lowest BCUT2D eigenvalue weighted by atomic mass is 9.91. The van der Waals surface area contributed by atoms with E-state index in [-0.39, 0.29) is 0 Å². The number of hydrogen-bond donors (Lipinski definition) is 1. The fraction of sp³-hybridized carbons (Fsp3) is 0.737. The average Bonchev–Trinajstić information content (AvgIpc) is 3.56. The molecule has 1 aliphatic heterocycles. The van der Waals surface area contributed by atoms with Crippen LogP contribution in [-0.2, 0) is 6.54 Å². The van der Waals surface area contributed by atoms with Crippen molar-refractivity contribution >= 4 is 0 Å². The summed E-state index contributed by atoms with van der Waals surface area (Å²) in [6.45, 7) is 3.08. The molecule has 132 valence electrons. The highest BCUT2D eigenvalue weighted by atomic mass is 16.4. The Hall–Kier alpha value is -1.69. The Labute approximate surface area is 147 Å². The molecule has 2 aromatic rings. The lowest BCUT2D eigenvalue weighted by Gasteiger charge is -2.14. The Morgan fingerprint density at radius 1 is 1.08 bits per heavy atom. The van der Waals surface area contributed by atoms with Crippen LogP contribution in [0, 0.1) is 11.8 Å². The maximum atomic E-state index is 5.98. The SMILES string of the molecule is c1nc(C2CC2)oc1CN1C[C@H](c2nc(C3CC3)n[nH]2)[C@@H](C2CC2)C1. The van der Waals surface area contributed by atoms with Gasteiger partial charge in [0.05, 0.1) is 12.7 Å². The highest BCUT2D eigenvalue weighted by Gasteiger charge is 2.45. The second kappa shape index (κ2) is 5.40. The van der Waals surface area contributed by atoms with Crippen molar-refractivity contribution in [1.82, 2.24) is 25.1 Å². The van der Waals surface area contributed by atoms with Crippen LogP contribution >= 0.6 is 0 Å². The number of H-pyrrole nitrogens is 1. The van der Waals surface area contributed by atoms with Gasteiger partial charge in [-0.05, 0) is 50.4 Å². The smallest absolute Gasteiger partial charge is 0.197 e. The number of nitrogens with zero attached hydrogens (tertiary/aromatic N) is 4. The predicted octanol–water partition coefficient (Wildman–Crippen LogP) is 3.17. The van der Waals surface area contributed by atoms with Gasteiger partial charge in [-0.3, -0.25) is 10.00 Å². The van der Waals surface area contributed by atoms with E-state index in [9.17, 15) is 0 Å². The van der Waals surface area contributed by atoms with Crippen molar-refractivity contribution in [2.75, 3.05) is 13.1 Å². The van der Waals surface area contributed by atoms with Crippen molar-refractivity contribution in [3.05, 3.63) is 29.5 Å². The predicted molar refractivity (Wildman–Crippen MR) is 91.1 cm³/mol. The summed E-state index contributed by atoms with van der Waals surface area (Å²) in [5.41, 5.74) is 0. The first-order valence-corrected chi connectivity index (χ1v) is 9.92. The topological polar surface area (TPSA) is 70.8 Å². The van der Waals surface area contributed by atoms with Crippen LogP contribution in [0.2, 0.25) is 0 Å². The van der Waals surface area contributed by atoms with Gasteiger partial charge < -0.3 is 4.42 Å². The molecule has 0 amide bonds. The van der Waals surface area contributed by atoms with Crippen LogP contribution < -0.4 is 0 Å². The summed E-state index contributed by atoms with van der Waals surface area (Å²) in [4.78, 5) is 11.9. The largest absolute Gasteiger partial charge is 0.444 e. The highest BCUT2D eigenvalue weighted by Crippen LogP contribution is 2.48. The molecule has 1 N–H and O–H groups in total. The van der Waals surface area contributed by atoms with E-state index in [1.807, 2.05) is 6.20 Å². The molecule has 3 heterocycles. The van der Waals surface area contributed by atoms with Gasteiger partial charge in [0.25, 0.3) is 0 Å². The third-order valence-electron chi connectivity index (χ3n) is 6.36. The molecule has 6 rings (SSSR count). The molecule has 0 radical (unpaired) electrons. The summed E-state index contributed by atoms with van der Waals surface area (Å²) >= 11 is 0. The van der Waals surface area contributed by atoms with Gasteiger partial charge in [0.15, 0.2) is 11.7 Å². The molecule has 3 saturated carbocycles. The molecule has 6 nitrogen and oxygen atoms in total. The monoisotopic (exact) mass is 339 g/mol. The van der Waals surface area contributed by atoms with Crippen molar-refractivity contribution in [3.8, 4) is 0 Å². The molecule has 1 saturated heterocycles. The van der Waals surface area contributed by atoms with Gasteiger partial charge in [0.2, 0.25) is 0 Å². The maximum absolute atomic E-state index is 5.98. The van der Waals surface area contributed by atoms with Gasteiger partial charge in [-0.15, -0.1) is 0 Å². The van der Waals surface area contributed by atoms with Gasteiger partial charge >= 0.3 is 0 Å². The molecule has 4 fully saturated rings. The Balaban J connectivity index is 1.18. The molecule has 2 aromatic heterocycles. The van der Waals surface area contributed by atoms with Crippen LogP contribution in [0.1, 0.15) is 79.6 Å². The second-order valence-electron chi connectivity index (χ2n) is 8.59. The van der Waals surface area contributed by atoms with E-state index in [2.05, 4.69) is 20.1 Å². The van der Waals surface area contributed by atoms with Crippen LogP contribution in [0.5, 0.6) is 0 Å². The summed E-state index contributed by atoms with van der Waals surface area (Å²) in [5, 5.41) is 7.76. The summed E-state index contributed by atoms with van der Waals surface area (Å²) in [7, 11) is 0. The first-order valence-electron chi connectivity index (χ1n) is 9.92. The van der Waals surface area contributed by atoms with Crippen molar-refractivity contribution < 1.29 is 4.42 Å². The third-order valence-corrected chi connectivity index (χ3v) is 6.36. The van der Waals surface area contributed by atoms with Crippen LogP contribution in [-0.4, -0.2) is 38.2 Å². The fourth-order valence-corrected chi connectivity index (χ4v) is 4.45. The molecule has 0 aromatic carbocycles. The number of rotatable bonds is 6. The van der Waals surface area contributed by atoms with E-state index in [4.69, 9.17) is 9.40 Å². The maximum Gasteiger partial charge on any atom is 0.197 e. The number of aromatic nitrogens is 4. The van der Waals surface area contributed by atoms with Crippen LogP contribution in [0.15, 0.2) is 10.6 Å². The van der Waals surface area contributed by atoms with Crippen molar-refractivity contribution in [1.29, 1.82) is 0 Å². The van der Waals surface area contributed by atoms with E-state index >= 15 is 0 Å². The molecule has 0 unspecified atom stereocenters. The first-order chi connectivity index (χ1) is 12.3. The number of likely N-dealkylation sites (tertiary alicyclic amines) is 1. The number of hydrogen-bond acceptors (Lipinski definition) is 5. The zero-order valence-electron chi connectivity index (χ0n) is 14.5. The minimum Gasteiger partial charge on any atom is -0.444 e. The zero-order valence-corrected chi connectivity index (χ0v) is 14.5. The first kappa shape index (κ1) is 14.5. The minimum absolute atomic E-state index is 0.498. The number of nitrogens with one attached hydrogen (secondary N) is 1. The van der Waals surface area contributed by atoms with Crippen LogP contribution in [0.25, 0.3) is 0 Å². The van der Waals surface area contributed by atoms with Gasteiger partial charge in [-0.1, -0.05) is 0 Å². The minimum atomic E-state index is 0.498. The number of oxazole rings is 1. The quantitative estimate of drug-likeness (QED) is 0.875. The molecule has 3 aliphatic carbocycles. The van der Waals surface area contributed by atoms with E-state index < -0.39 is 0 Å². The van der Waals surface area contributed by atoms with E-state index in [1.165, 1.54) is 38.5 Å². The highest BCUT2D eigenvalue weighted by molar-refractivity contribution is 5.13. The summed E-state index contributed by atoms with van der Waals surface area (Å²) in [5.74, 6) is 7.45. The van der Waals surface area contributed by atoms with Crippen LogP contribution in [0.4, 0.5) is 0 Å². The Morgan fingerprint density at radius 3 is 2.68 bits per heavy atom. The summed E-state index contributed by atoms with van der Waals surface area (Å²) < 4.78 is 5.98. The second-order valence-corrected chi connectivity index (χ2v) is 8.59. The van der Waals surface area contributed by atoms with Crippen molar-refractivity contribution in [3.63, 3.8) is 0 Å². The summed E-state index contributed by atoms with van der Waals surface area (Å²) in [6, 6.07) is 0. The summed E-state index contributed by atoms with van der Waals surface area (Å²) in [6.07, 6.45) is 9.70.